The summed E-state index contributed by atoms with van der Waals surface area (Å²) in [4.78, 5) is 26.4. The van der Waals surface area contributed by atoms with Crippen molar-refractivity contribution in [2.75, 3.05) is 24.7 Å². The molecule has 0 saturated carbocycles. The van der Waals surface area contributed by atoms with Gasteiger partial charge in [-0.25, -0.2) is 0 Å². The highest BCUT2D eigenvalue weighted by molar-refractivity contribution is 7.99. The molecule has 0 radical (unpaired) electrons. The average Bonchev–Trinajstić information content (AvgIpc) is 2.97. The Morgan fingerprint density at radius 2 is 2.18 bits per heavy atom. The van der Waals surface area contributed by atoms with Gasteiger partial charge in [0.25, 0.3) is 5.91 Å². The Bertz CT molecular complexity index is 320. The fourth-order valence-corrected chi connectivity index (χ4v) is 3.26. The van der Waals surface area contributed by atoms with Crippen LogP contribution in [0.3, 0.4) is 0 Å². The van der Waals surface area contributed by atoms with Gasteiger partial charge in [-0.05, 0) is 12.8 Å². The minimum atomic E-state index is -0.887. The van der Waals surface area contributed by atoms with E-state index in [2.05, 4.69) is 0 Å². The Balaban J connectivity index is 2.00. The summed E-state index contributed by atoms with van der Waals surface area (Å²) in [5.41, 5.74) is 5.89. The summed E-state index contributed by atoms with van der Waals surface area (Å²) in [5.74, 6) is 0.559. The molecule has 2 unspecified atom stereocenters. The Hall–Kier alpha value is -0.790. The molecule has 96 valence electrons. The van der Waals surface area contributed by atoms with Gasteiger partial charge in [0.15, 0.2) is 0 Å². The van der Waals surface area contributed by atoms with Crippen molar-refractivity contribution in [3.05, 3.63) is 0 Å². The number of nitrogens with two attached hydrogens (primary N) is 1. The molecule has 17 heavy (non-hydrogen) atoms. The van der Waals surface area contributed by atoms with Crippen LogP contribution in [0.1, 0.15) is 12.8 Å². The minimum Gasteiger partial charge on any atom is -0.480 e. The molecule has 1 amide bonds. The van der Waals surface area contributed by atoms with Crippen LogP contribution in [-0.4, -0.2) is 63.7 Å². The smallest absolute Gasteiger partial charge is 0.320 e. The zero-order valence-electron chi connectivity index (χ0n) is 9.54. The molecule has 0 aliphatic carbocycles. The van der Waals surface area contributed by atoms with Gasteiger partial charge in [-0.1, -0.05) is 0 Å². The number of carbonyl (C=O) groups is 2. The number of carbonyl (C=O) groups excluding carboxylic acids is 1. The molecule has 2 heterocycles. The first-order valence-electron chi connectivity index (χ1n) is 5.72. The van der Waals surface area contributed by atoms with E-state index in [-0.39, 0.29) is 5.91 Å². The third-order valence-corrected chi connectivity index (χ3v) is 4.22. The van der Waals surface area contributed by atoms with Crippen LogP contribution in [-0.2, 0) is 9.59 Å². The van der Waals surface area contributed by atoms with Crippen LogP contribution in [0, 0.1) is 0 Å². The summed E-state index contributed by atoms with van der Waals surface area (Å²) < 4.78 is 0. The van der Waals surface area contributed by atoms with E-state index in [9.17, 15) is 9.59 Å². The predicted molar refractivity (Wildman–Crippen MR) is 64.4 cm³/mol. The number of thioether (sulfide) groups is 1. The molecule has 2 rings (SSSR count). The number of aliphatic carboxylic acids is 1. The number of hydrogen-bond acceptors (Lipinski definition) is 5. The monoisotopic (exact) mass is 259 g/mol. The lowest BCUT2D eigenvalue weighted by Gasteiger charge is -2.29. The van der Waals surface area contributed by atoms with Crippen LogP contribution in [0.4, 0.5) is 0 Å². The number of nitrogens with zero attached hydrogens (tertiary/aromatic N) is 2. The first-order valence-corrected chi connectivity index (χ1v) is 6.87. The second-order valence-electron chi connectivity index (χ2n) is 4.32. The number of hydrogen-bond donors (Lipinski definition) is 2. The summed E-state index contributed by atoms with van der Waals surface area (Å²) in [6.45, 7) is 1.30. The first kappa shape index (κ1) is 12.7. The highest BCUT2D eigenvalue weighted by Crippen LogP contribution is 2.21. The fourth-order valence-electron chi connectivity index (χ4n) is 2.30. The van der Waals surface area contributed by atoms with E-state index in [1.165, 1.54) is 0 Å². The van der Waals surface area contributed by atoms with Gasteiger partial charge in [0.2, 0.25) is 0 Å². The summed E-state index contributed by atoms with van der Waals surface area (Å²) in [6, 6.07) is -0.607. The molecule has 2 saturated heterocycles. The molecule has 0 aromatic carbocycles. The molecule has 0 aromatic rings. The third kappa shape index (κ3) is 2.56. The van der Waals surface area contributed by atoms with E-state index in [1.54, 1.807) is 21.6 Å². The molecule has 7 heteroatoms. The van der Waals surface area contributed by atoms with Crippen molar-refractivity contribution in [1.29, 1.82) is 0 Å². The van der Waals surface area contributed by atoms with Gasteiger partial charge in [0.1, 0.15) is 12.2 Å². The number of rotatable bonds is 3. The van der Waals surface area contributed by atoms with E-state index in [0.717, 1.165) is 12.2 Å². The van der Waals surface area contributed by atoms with E-state index in [4.69, 9.17) is 10.8 Å². The lowest BCUT2D eigenvalue weighted by atomic mass is 10.2. The molecule has 3 N–H and O–H groups in total. The number of likely N-dealkylation sites (tertiary alicyclic amines) is 1. The van der Waals surface area contributed by atoms with Crippen LogP contribution in [0.25, 0.3) is 0 Å². The molecule has 2 aliphatic rings. The van der Waals surface area contributed by atoms with Crippen LogP contribution < -0.4 is 5.73 Å². The van der Waals surface area contributed by atoms with Gasteiger partial charge in [-0.3, -0.25) is 14.5 Å². The first-order chi connectivity index (χ1) is 8.11. The van der Waals surface area contributed by atoms with E-state index < -0.39 is 18.2 Å². The third-order valence-electron chi connectivity index (χ3n) is 3.25. The zero-order valence-corrected chi connectivity index (χ0v) is 10.4. The van der Waals surface area contributed by atoms with Crippen molar-refractivity contribution in [2.24, 2.45) is 5.73 Å². The average molecular weight is 259 g/mol. The van der Waals surface area contributed by atoms with Gasteiger partial charge in [-0.2, -0.15) is 0 Å². The number of amides is 1. The Kier molecular flexibility index (Phi) is 3.90. The maximum absolute atomic E-state index is 12.1. The normalized spacial score (nSPS) is 27.4. The highest BCUT2D eigenvalue weighted by atomic mass is 32.2. The summed E-state index contributed by atoms with van der Waals surface area (Å²) >= 11 is 1.69. The topological polar surface area (TPSA) is 86.9 Å². The van der Waals surface area contributed by atoms with Crippen molar-refractivity contribution in [3.8, 4) is 0 Å². The lowest BCUT2D eigenvalue weighted by Crippen LogP contribution is -2.56. The molecule has 0 spiro atoms. The highest BCUT2D eigenvalue weighted by Gasteiger charge is 2.38. The lowest BCUT2D eigenvalue weighted by molar-refractivity contribution is -0.145. The summed E-state index contributed by atoms with van der Waals surface area (Å²) in [5, 5.41) is 9.05. The molecule has 2 atom stereocenters. The second kappa shape index (κ2) is 5.24. The van der Waals surface area contributed by atoms with Gasteiger partial charge in [0, 0.05) is 18.8 Å². The largest absolute Gasteiger partial charge is 0.480 e. The predicted octanol–water partition coefficient (Wildman–Crippen LogP) is -0.647. The fraction of sp³-hybridized carbons (Fsp3) is 0.800. The minimum absolute atomic E-state index is 0.150. The van der Waals surface area contributed by atoms with Crippen LogP contribution in [0.2, 0.25) is 0 Å². The van der Waals surface area contributed by atoms with Crippen molar-refractivity contribution in [2.45, 2.75) is 25.0 Å². The van der Waals surface area contributed by atoms with E-state index in [1.807, 2.05) is 0 Å². The Morgan fingerprint density at radius 3 is 2.76 bits per heavy atom. The van der Waals surface area contributed by atoms with Gasteiger partial charge in [-0.15, -0.1) is 11.8 Å². The molecule has 2 fully saturated rings. The van der Waals surface area contributed by atoms with E-state index >= 15 is 0 Å². The molecule has 0 bridgehead atoms. The van der Waals surface area contributed by atoms with Gasteiger partial charge < -0.3 is 15.7 Å². The summed E-state index contributed by atoms with van der Waals surface area (Å²) in [6.07, 6.45) is 0.551. The standard InChI is InChI=1S/C10H17N3O3S/c11-8(9(14)12-4-5-17-6-12)13-3-1-2-7(13)10(15)16/h7-8H,1-6,11H2,(H,15,16). The van der Waals surface area contributed by atoms with Crippen LogP contribution >= 0.6 is 11.8 Å². The second-order valence-corrected chi connectivity index (χ2v) is 5.39. The van der Waals surface area contributed by atoms with Crippen molar-refractivity contribution in [3.63, 3.8) is 0 Å². The van der Waals surface area contributed by atoms with Crippen molar-refractivity contribution in [1.82, 2.24) is 9.80 Å². The van der Waals surface area contributed by atoms with Crippen molar-refractivity contribution >= 4 is 23.6 Å². The van der Waals surface area contributed by atoms with Crippen molar-refractivity contribution < 1.29 is 14.7 Å². The molecule has 0 aromatic heterocycles. The van der Waals surface area contributed by atoms with Gasteiger partial charge in [0.05, 0.1) is 5.88 Å². The van der Waals surface area contributed by atoms with Gasteiger partial charge >= 0.3 is 5.97 Å². The Morgan fingerprint density at radius 1 is 1.41 bits per heavy atom. The van der Waals surface area contributed by atoms with Crippen LogP contribution in [0.5, 0.6) is 0 Å². The molecule has 2 aliphatic heterocycles. The Labute approximate surface area is 104 Å². The SMILES string of the molecule is NC(C(=O)N1CCSC1)N1CCCC1C(=O)O. The summed E-state index contributed by atoms with van der Waals surface area (Å²) in [7, 11) is 0. The molecule has 6 nitrogen and oxygen atoms in total. The zero-order chi connectivity index (χ0) is 12.4. The van der Waals surface area contributed by atoms with E-state index in [0.29, 0.717) is 25.4 Å². The maximum Gasteiger partial charge on any atom is 0.320 e. The van der Waals surface area contributed by atoms with Crippen LogP contribution in [0.15, 0.2) is 0 Å². The molecular formula is C10H17N3O3S. The maximum atomic E-state index is 12.1. The molecular weight excluding hydrogens is 242 g/mol. The quantitative estimate of drug-likeness (QED) is 0.700. The number of carboxylic acid groups (broad SMARTS) is 1. The number of carboxylic acids is 1.